The van der Waals surface area contributed by atoms with Crippen LogP contribution in [0.4, 0.5) is 9.57 Å². The van der Waals surface area contributed by atoms with Gasteiger partial charge >= 0.3 is 10.2 Å². The van der Waals surface area contributed by atoms with Gasteiger partial charge in [-0.15, -0.1) is 3.89 Å². The van der Waals surface area contributed by atoms with E-state index in [1.165, 1.54) is 13.0 Å². The van der Waals surface area contributed by atoms with Gasteiger partial charge in [0.05, 0.1) is 10.6 Å². The van der Waals surface area contributed by atoms with Gasteiger partial charge in [-0.1, -0.05) is 35.3 Å². The van der Waals surface area contributed by atoms with E-state index >= 15 is 0 Å². The maximum absolute atomic E-state index is 12.9. The Kier molecular flexibility index (Phi) is 9.84. The summed E-state index contributed by atoms with van der Waals surface area (Å²) in [6.45, 7) is 1.37. The number of rotatable bonds is 7. The van der Waals surface area contributed by atoms with Crippen LogP contribution in [0.15, 0.2) is 41.3 Å². The van der Waals surface area contributed by atoms with E-state index in [9.17, 15) is 20.7 Å². The third kappa shape index (κ3) is 9.77. The van der Waals surface area contributed by atoms with Gasteiger partial charge in [0.1, 0.15) is 0 Å². The average Bonchev–Trinajstić information content (AvgIpc) is 2.60. The Hall–Kier alpha value is -1.39. The molecule has 0 bridgehead atoms. The lowest BCUT2D eigenvalue weighted by Gasteiger charge is -2.07. The maximum Gasteiger partial charge on any atom is 0.332 e. The molecule has 0 aliphatic rings. The van der Waals surface area contributed by atoms with Gasteiger partial charge < -0.3 is 5.73 Å². The summed E-state index contributed by atoms with van der Waals surface area (Å²) in [7, 11) is -8.38. The minimum absolute atomic E-state index is 0.201. The molecule has 0 unspecified atom stereocenters. The van der Waals surface area contributed by atoms with Gasteiger partial charge in [-0.25, -0.2) is 0 Å². The molecule has 2 aromatic rings. The third-order valence-corrected chi connectivity index (χ3v) is 6.14. The molecular formula is C18H22Cl2FNO5S2. The lowest BCUT2D eigenvalue weighted by atomic mass is 10.0. The van der Waals surface area contributed by atoms with Crippen LogP contribution in [-0.2, 0) is 33.2 Å². The summed E-state index contributed by atoms with van der Waals surface area (Å²) in [6, 6.07) is 9.37. The summed E-state index contributed by atoms with van der Waals surface area (Å²) < 4.78 is 61.4. The number of hydrogen-bond donors (Lipinski definition) is 2. The van der Waals surface area contributed by atoms with Gasteiger partial charge in [0.2, 0.25) is 0 Å². The van der Waals surface area contributed by atoms with Crippen LogP contribution in [0.1, 0.15) is 30.9 Å². The Morgan fingerprint density at radius 3 is 1.76 bits per heavy atom. The zero-order chi connectivity index (χ0) is 22.2. The molecule has 0 spiro atoms. The van der Waals surface area contributed by atoms with E-state index in [2.05, 4.69) is 0 Å². The van der Waals surface area contributed by atoms with Crippen molar-refractivity contribution in [1.29, 1.82) is 0 Å². The summed E-state index contributed by atoms with van der Waals surface area (Å²) in [6.07, 6.45) is 3.23. The summed E-state index contributed by atoms with van der Waals surface area (Å²) in [4.78, 5) is -0.417. The molecule has 3 N–H and O–H groups in total. The number of aryl methyl sites for hydroxylation is 2. The highest BCUT2D eigenvalue weighted by Gasteiger charge is 2.13. The molecule has 2 aromatic carbocycles. The van der Waals surface area contributed by atoms with Gasteiger partial charge in [-0.2, -0.15) is 16.8 Å². The van der Waals surface area contributed by atoms with Crippen LogP contribution in [0.2, 0.25) is 10.0 Å². The molecule has 29 heavy (non-hydrogen) atoms. The molecule has 6 nitrogen and oxygen atoms in total. The molecule has 0 heterocycles. The first-order valence-electron chi connectivity index (χ1n) is 8.55. The quantitative estimate of drug-likeness (QED) is 0.254. The van der Waals surface area contributed by atoms with Crippen molar-refractivity contribution >= 4 is 49.2 Å². The van der Waals surface area contributed by atoms with Crippen LogP contribution in [0.3, 0.4) is 0 Å². The predicted molar refractivity (Wildman–Crippen MR) is 114 cm³/mol. The first-order valence-corrected chi connectivity index (χ1v) is 12.3. The summed E-state index contributed by atoms with van der Waals surface area (Å²) >= 11 is 12.1. The van der Waals surface area contributed by atoms with E-state index in [4.69, 9.17) is 33.5 Å². The number of nitrogens with two attached hydrogens (primary N) is 1. The van der Waals surface area contributed by atoms with Crippen LogP contribution < -0.4 is 5.73 Å². The number of hydrogen-bond acceptors (Lipinski definition) is 5. The number of benzene rings is 2. The number of nitrogen functional groups attached to an aromatic ring is 1. The largest absolute Gasteiger partial charge is 0.399 e. The molecule has 162 valence electrons. The smallest absolute Gasteiger partial charge is 0.332 e. The molecular weight excluding hydrogens is 464 g/mol. The molecule has 2 rings (SSSR count). The molecule has 0 fully saturated rings. The highest BCUT2D eigenvalue weighted by Crippen LogP contribution is 2.25. The molecule has 0 aliphatic carbocycles. The van der Waals surface area contributed by atoms with Gasteiger partial charge in [0.15, 0.2) is 0 Å². The van der Waals surface area contributed by atoms with Crippen LogP contribution in [0, 0.1) is 0 Å². The van der Waals surface area contributed by atoms with Gasteiger partial charge in [-0.3, -0.25) is 4.55 Å². The molecule has 0 saturated carbocycles. The van der Waals surface area contributed by atoms with E-state index < -0.39 is 25.2 Å². The SMILES string of the molecule is CCS(=O)(=O)O.Nc1ccc(CCCCc2ccc(S(=O)(=O)F)cc2Cl)c(Cl)c1. The van der Waals surface area contributed by atoms with Crippen molar-refractivity contribution in [2.24, 2.45) is 0 Å². The lowest BCUT2D eigenvalue weighted by molar-refractivity contribution is 0.484. The second kappa shape index (κ2) is 11.1. The van der Waals surface area contributed by atoms with E-state index in [0.717, 1.165) is 36.5 Å². The number of unbranched alkanes of at least 4 members (excludes halogenated alkanes) is 1. The molecule has 0 radical (unpaired) electrons. The molecule has 0 aliphatic heterocycles. The first-order chi connectivity index (χ1) is 13.3. The average molecular weight is 486 g/mol. The van der Waals surface area contributed by atoms with E-state index in [-0.39, 0.29) is 10.8 Å². The van der Waals surface area contributed by atoms with E-state index in [0.29, 0.717) is 17.1 Å². The van der Waals surface area contributed by atoms with E-state index in [1.54, 1.807) is 12.1 Å². The van der Waals surface area contributed by atoms with Gasteiger partial charge in [-0.05, 0) is 68.0 Å². The fourth-order valence-corrected chi connectivity index (χ4v) is 3.39. The lowest BCUT2D eigenvalue weighted by Crippen LogP contribution is -1.97. The van der Waals surface area contributed by atoms with Gasteiger partial charge in [0.25, 0.3) is 10.1 Å². The highest BCUT2D eigenvalue weighted by atomic mass is 35.5. The zero-order valence-corrected chi connectivity index (χ0v) is 18.8. The second-order valence-corrected chi connectivity index (χ2v) is 10.0. The van der Waals surface area contributed by atoms with Crippen molar-refractivity contribution in [3.8, 4) is 0 Å². The van der Waals surface area contributed by atoms with Crippen LogP contribution in [-0.4, -0.2) is 27.1 Å². The summed E-state index contributed by atoms with van der Waals surface area (Å²) in [5, 5.41) is 0.912. The first kappa shape index (κ1) is 25.6. The standard InChI is InChI=1S/C16H16Cl2FNO2S.C2H6O3S/c17-15-9-13(20)7-5-11(15)3-1-2-4-12-6-8-14(10-16(12)18)23(19,21)22;1-2-6(3,4)5/h5-10H,1-4,20H2;2H2,1H3,(H,3,4,5). The molecule has 0 atom stereocenters. The Balaban J connectivity index is 0.000000612. The predicted octanol–water partition coefficient (Wildman–Crippen LogP) is 4.69. The minimum Gasteiger partial charge on any atom is -0.399 e. The molecule has 0 aromatic heterocycles. The fourth-order valence-electron chi connectivity index (χ4n) is 2.28. The second-order valence-electron chi connectivity index (χ2n) is 6.12. The summed E-state index contributed by atoms with van der Waals surface area (Å²) in [5.41, 5.74) is 8.11. The maximum atomic E-state index is 12.9. The third-order valence-electron chi connectivity index (χ3n) is 3.89. The Morgan fingerprint density at radius 1 is 0.931 bits per heavy atom. The zero-order valence-electron chi connectivity index (χ0n) is 15.6. The van der Waals surface area contributed by atoms with Crippen LogP contribution >= 0.6 is 23.2 Å². The monoisotopic (exact) mass is 485 g/mol. The van der Waals surface area contributed by atoms with Crippen LogP contribution in [0.25, 0.3) is 0 Å². The van der Waals surface area contributed by atoms with Crippen molar-refractivity contribution in [3.05, 3.63) is 57.6 Å². The Labute approximate surface area is 180 Å². The molecule has 0 amide bonds. The molecule has 0 saturated heterocycles. The van der Waals surface area contributed by atoms with Crippen LogP contribution in [0.5, 0.6) is 0 Å². The molecule has 11 heteroatoms. The van der Waals surface area contributed by atoms with E-state index in [1.807, 2.05) is 12.1 Å². The Morgan fingerprint density at radius 2 is 1.38 bits per heavy atom. The van der Waals surface area contributed by atoms with Crippen molar-refractivity contribution in [3.63, 3.8) is 0 Å². The normalized spacial score (nSPS) is 11.6. The topological polar surface area (TPSA) is 115 Å². The van der Waals surface area contributed by atoms with Crippen molar-refractivity contribution in [2.75, 3.05) is 11.5 Å². The van der Waals surface area contributed by atoms with Gasteiger partial charge in [0, 0.05) is 15.7 Å². The number of anilines is 1. The van der Waals surface area contributed by atoms with Crippen molar-refractivity contribution in [2.45, 2.75) is 37.5 Å². The Bertz CT molecular complexity index is 1040. The minimum atomic E-state index is -4.72. The fraction of sp³-hybridized carbons (Fsp3) is 0.333. The number of halogens is 3. The summed E-state index contributed by atoms with van der Waals surface area (Å²) in [5.74, 6) is -0.201. The van der Waals surface area contributed by atoms with Crippen molar-refractivity contribution < 1.29 is 25.3 Å². The van der Waals surface area contributed by atoms with Crippen molar-refractivity contribution in [1.82, 2.24) is 0 Å². The highest BCUT2D eigenvalue weighted by molar-refractivity contribution is 7.86.